The smallest absolute Gasteiger partial charge is 0.173 e. The monoisotopic (exact) mass is 270 g/mol. The van der Waals surface area contributed by atoms with Crippen molar-refractivity contribution in [3.63, 3.8) is 0 Å². The first-order chi connectivity index (χ1) is 9.29. The number of carbonyl (C=O) groups excluding carboxylic acids is 1. The number of nitrogens with zero attached hydrogens (tertiary/aromatic N) is 3. The van der Waals surface area contributed by atoms with Crippen molar-refractivity contribution in [3.8, 4) is 5.40 Å². The molecule has 2 rings (SSSR count). The molecule has 6 heteroatoms. The summed E-state index contributed by atoms with van der Waals surface area (Å²) in [5.74, 6) is 0.757. The van der Waals surface area contributed by atoms with Crippen LogP contribution in [0.15, 0.2) is 42.9 Å². The number of benzene rings is 1. The molecular weight excluding hydrogens is 260 g/mol. The lowest BCUT2D eigenvalue weighted by Gasteiger charge is -2.05. The minimum atomic E-state index is -0.0578. The van der Waals surface area contributed by atoms with Crippen molar-refractivity contribution in [1.82, 2.24) is 9.97 Å². The van der Waals surface area contributed by atoms with E-state index in [4.69, 9.17) is 5.26 Å². The minimum Gasteiger partial charge on any atom is -0.339 e. The minimum absolute atomic E-state index is 0.0578. The number of aromatic nitrogens is 2. The Hall–Kier alpha value is -2.39. The Morgan fingerprint density at radius 3 is 2.74 bits per heavy atom. The molecule has 1 heterocycles. The van der Waals surface area contributed by atoms with Gasteiger partial charge >= 0.3 is 0 Å². The molecule has 0 saturated carbocycles. The normalized spacial score (nSPS) is 9.63. The van der Waals surface area contributed by atoms with Crippen LogP contribution in [-0.4, -0.2) is 21.5 Å². The summed E-state index contributed by atoms with van der Waals surface area (Å²) in [6.45, 7) is 0. The molecule has 1 aromatic heterocycles. The number of hydrogen-bond donors (Lipinski definition) is 1. The van der Waals surface area contributed by atoms with Gasteiger partial charge in [-0.2, -0.15) is 5.26 Å². The molecule has 0 fully saturated rings. The Kier molecular flexibility index (Phi) is 4.48. The number of thioether (sulfide) groups is 1. The average Bonchev–Trinajstić information content (AvgIpc) is 2.46. The Bertz CT molecular complexity index is 592. The quantitative estimate of drug-likeness (QED) is 0.664. The lowest BCUT2D eigenvalue weighted by molar-refractivity contribution is 0.102. The molecule has 1 N–H and O–H groups in total. The van der Waals surface area contributed by atoms with Crippen LogP contribution in [0.25, 0.3) is 0 Å². The highest BCUT2D eigenvalue weighted by Crippen LogP contribution is 2.15. The van der Waals surface area contributed by atoms with Crippen molar-refractivity contribution in [3.05, 3.63) is 48.4 Å². The van der Waals surface area contributed by atoms with Crippen LogP contribution < -0.4 is 5.32 Å². The fourth-order valence-corrected chi connectivity index (χ4v) is 1.79. The summed E-state index contributed by atoms with van der Waals surface area (Å²) in [7, 11) is 0. The maximum absolute atomic E-state index is 11.7. The van der Waals surface area contributed by atoms with E-state index < -0.39 is 0 Å². The van der Waals surface area contributed by atoms with Gasteiger partial charge in [-0.25, -0.2) is 4.98 Å². The maximum Gasteiger partial charge on any atom is 0.173 e. The number of rotatable bonds is 5. The lowest BCUT2D eigenvalue weighted by atomic mass is 10.1. The molecule has 19 heavy (non-hydrogen) atoms. The number of ketones is 1. The molecule has 0 aliphatic rings. The van der Waals surface area contributed by atoms with Crippen LogP contribution in [0.1, 0.15) is 10.4 Å². The van der Waals surface area contributed by atoms with Crippen molar-refractivity contribution in [2.45, 2.75) is 0 Å². The topological polar surface area (TPSA) is 78.7 Å². The van der Waals surface area contributed by atoms with E-state index in [2.05, 4.69) is 15.3 Å². The van der Waals surface area contributed by atoms with Crippen molar-refractivity contribution in [2.24, 2.45) is 0 Å². The van der Waals surface area contributed by atoms with Gasteiger partial charge in [0.25, 0.3) is 0 Å². The highest BCUT2D eigenvalue weighted by molar-refractivity contribution is 8.04. The molecule has 0 unspecified atom stereocenters. The van der Waals surface area contributed by atoms with E-state index >= 15 is 0 Å². The van der Waals surface area contributed by atoms with Crippen molar-refractivity contribution < 1.29 is 4.79 Å². The fourth-order valence-electron chi connectivity index (χ4n) is 1.43. The zero-order valence-electron chi connectivity index (χ0n) is 9.91. The molecule has 0 spiro atoms. The van der Waals surface area contributed by atoms with Gasteiger partial charge < -0.3 is 5.32 Å². The van der Waals surface area contributed by atoms with Crippen molar-refractivity contribution in [2.75, 3.05) is 11.1 Å². The molecule has 0 atom stereocenters. The number of thiocyanates is 1. The number of hydrogen-bond acceptors (Lipinski definition) is 6. The van der Waals surface area contributed by atoms with E-state index in [1.165, 1.54) is 0 Å². The van der Waals surface area contributed by atoms with Crippen molar-refractivity contribution in [1.29, 1.82) is 5.26 Å². The standard InChI is InChI=1S/C13H10N4OS/c14-9-19-8-12(18)10-1-3-11(4-2-10)17-13-7-15-5-6-16-13/h1-7H,8H2,(H,16,17). The van der Waals surface area contributed by atoms with Gasteiger partial charge in [0.2, 0.25) is 0 Å². The summed E-state index contributed by atoms with van der Waals surface area (Å²) in [4.78, 5) is 19.7. The molecule has 94 valence electrons. The second kappa shape index (κ2) is 6.52. The Balaban J connectivity index is 2.03. The lowest BCUT2D eigenvalue weighted by Crippen LogP contribution is -2.02. The molecular formula is C13H10N4OS. The van der Waals surface area contributed by atoms with E-state index in [9.17, 15) is 4.79 Å². The van der Waals surface area contributed by atoms with Gasteiger partial charge in [0.1, 0.15) is 11.2 Å². The maximum atomic E-state index is 11.7. The highest BCUT2D eigenvalue weighted by atomic mass is 32.2. The third-order valence-corrected chi connectivity index (χ3v) is 2.85. The molecule has 5 nitrogen and oxygen atoms in total. The molecule has 0 saturated heterocycles. The predicted molar refractivity (Wildman–Crippen MR) is 74.2 cm³/mol. The average molecular weight is 270 g/mol. The van der Waals surface area contributed by atoms with E-state index in [-0.39, 0.29) is 11.5 Å². The van der Waals surface area contributed by atoms with Crippen LogP contribution in [-0.2, 0) is 0 Å². The van der Waals surface area contributed by atoms with E-state index in [1.807, 2.05) is 5.40 Å². The summed E-state index contributed by atoms with van der Waals surface area (Å²) < 4.78 is 0. The third-order valence-electron chi connectivity index (χ3n) is 2.31. The first-order valence-corrected chi connectivity index (χ1v) is 6.45. The Labute approximate surface area is 114 Å². The number of anilines is 2. The second-order valence-electron chi connectivity index (χ2n) is 3.60. The molecule has 0 radical (unpaired) electrons. The summed E-state index contributed by atoms with van der Waals surface area (Å²) in [5.41, 5.74) is 1.41. The van der Waals surface area contributed by atoms with Crippen LogP contribution in [0, 0.1) is 10.7 Å². The predicted octanol–water partition coefficient (Wildman–Crippen LogP) is 2.62. The molecule has 0 aliphatic carbocycles. The molecule has 2 aromatic rings. The van der Waals surface area contributed by atoms with E-state index in [1.54, 1.807) is 42.9 Å². The summed E-state index contributed by atoms with van der Waals surface area (Å²) >= 11 is 0.940. The first kappa shape index (κ1) is 13.1. The zero-order valence-corrected chi connectivity index (χ0v) is 10.7. The zero-order chi connectivity index (χ0) is 13.5. The van der Waals surface area contributed by atoms with Gasteiger partial charge in [0, 0.05) is 23.6 Å². The van der Waals surface area contributed by atoms with Gasteiger partial charge in [-0.3, -0.25) is 9.78 Å². The van der Waals surface area contributed by atoms with E-state index in [0.717, 1.165) is 17.4 Å². The number of nitriles is 1. The van der Waals surface area contributed by atoms with Crippen LogP contribution in [0.2, 0.25) is 0 Å². The SMILES string of the molecule is N#CSCC(=O)c1ccc(Nc2cnccn2)cc1. The van der Waals surface area contributed by atoms with Crippen LogP contribution in [0.4, 0.5) is 11.5 Å². The van der Waals surface area contributed by atoms with E-state index in [0.29, 0.717) is 11.4 Å². The summed E-state index contributed by atoms with van der Waals surface area (Å²) in [6, 6.07) is 7.02. The Morgan fingerprint density at radius 1 is 1.32 bits per heavy atom. The number of carbonyl (C=O) groups is 1. The fraction of sp³-hybridized carbons (Fsp3) is 0.0769. The van der Waals surface area contributed by atoms with Crippen LogP contribution in [0.3, 0.4) is 0 Å². The number of Topliss-reactive ketones (excluding diaryl/α,β-unsaturated/α-hetero) is 1. The first-order valence-electron chi connectivity index (χ1n) is 5.47. The van der Waals surface area contributed by atoms with Gasteiger partial charge in [0.15, 0.2) is 5.78 Å². The van der Waals surface area contributed by atoms with Crippen molar-refractivity contribution >= 4 is 29.1 Å². The van der Waals surface area contributed by atoms with Gasteiger partial charge in [-0.1, -0.05) is 0 Å². The summed E-state index contributed by atoms with van der Waals surface area (Å²) in [6.07, 6.45) is 4.81. The molecule has 1 aromatic carbocycles. The Morgan fingerprint density at radius 2 is 2.11 bits per heavy atom. The second-order valence-corrected chi connectivity index (χ2v) is 4.36. The van der Waals surface area contributed by atoms with Crippen LogP contribution in [0.5, 0.6) is 0 Å². The highest BCUT2D eigenvalue weighted by Gasteiger charge is 2.05. The molecule has 0 amide bonds. The van der Waals surface area contributed by atoms with Gasteiger partial charge in [-0.05, 0) is 36.0 Å². The summed E-state index contributed by atoms with van der Waals surface area (Å²) in [5, 5.41) is 13.4. The number of nitrogens with one attached hydrogen (secondary N) is 1. The third kappa shape index (κ3) is 3.79. The van der Waals surface area contributed by atoms with Gasteiger partial charge in [0.05, 0.1) is 11.9 Å². The molecule has 0 bridgehead atoms. The largest absolute Gasteiger partial charge is 0.339 e. The molecule has 0 aliphatic heterocycles. The van der Waals surface area contributed by atoms with Gasteiger partial charge in [-0.15, -0.1) is 0 Å². The van der Waals surface area contributed by atoms with Crippen LogP contribution >= 0.6 is 11.8 Å².